The highest BCUT2D eigenvalue weighted by Gasteiger charge is 2.19. The summed E-state index contributed by atoms with van der Waals surface area (Å²) in [6.45, 7) is 6.08. The molecule has 0 aliphatic heterocycles. The number of hydrogen-bond donors (Lipinski definition) is 1. The van der Waals surface area contributed by atoms with E-state index >= 15 is 0 Å². The molecule has 0 heterocycles. The summed E-state index contributed by atoms with van der Waals surface area (Å²) >= 11 is 0. The van der Waals surface area contributed by atoms with Crippen LogP contribution in [0.15, 0.2) is 18.2 Å². The average Bonchev–Trinajstić information content (AvgIpc) is 2.36. The fourth-order valence-electron chi connectivity index (χ4n) is 1.92. The SMILES string of the molecule is CC(C)CN(CCN(C)C)C(=O)c1cc(F)ccc1N. The summed E-state index contributed by atoms with van der Waals surface area (Å²) < 4.78 is 13.3. The minimum Gasteiger partial charge on any atom is -0.398 e. The number of nitrogens with two attached hydrogens (primary N) is 1. The first-order chi connectivity index (χ1) is 9.31. The molecule has 0 atom stereocenters. The molecule has 1 rings (SSSR count). The summed E-state index contributed by atoms with van der Waals surface area (Å²) in [5, 5.41) is 0. The van der Waals surface area contributed by atoms with Gasteiger partial charge in [-0.15, -0.1) is 0 Å². The monoisotopic (exact) mass is 281 g/mol. The van der Waals surface area contributed by atoms with Gasteiger partial charge in [-0.2, -0.15) is 0 Å². The molecule has 0 aliphatic rings. The molecule has 0 aromatic heterocycles. The van der Waals surface area contributed by atoms with Gasteiger partial charge in [0.1, 0.15) is 5.82 Å². The lowest BCUT2D eigenvalue weighted by Gasteiger charge is -2.26. The van der Waals surface area contributed by atoms with Gasteiger partial charge >= 0.3 is 0 Å². The largest absolute Gasteiger partial charge is 0.398 e. The Kier molecular flexibility index (Phi) is 5.95. The van der Waals surface area contributed by atoms with Crippen molar-refractivity contribution in [3.05, 3.63) is 29.6 Å². The smallest absolute Gasteiger partial charge is 0.256 e. The van der Waals surface area contributed by atoms with E-state index in [0.717, 1.165) is 6.54 Å². The van der Waals surface area contributed by atoms with Crippen molar-refractivity contribution < 1.29 is 9.18 Å². The molecule has 4 nitrogen and oxygen atoms in total. The first-order valence-electron chi connectivity index (χ1n) is 6.80. The Labute approximate surface area is 120 Å². The molecule has 0 saturated heterocycles. The maximum absolute atomic E-state index is 13.3. The van der Waals surface area contributed by atoms with Crippen LogP contribution in [0.4, 0.5) is 10.1 Å². The Bertz CT molecular complexity index is 460. The number of nitrogen functional groups attached to an aromatic ring is 1. The Hall–Kier alpha value is -1.62. The van der Waals surface area contributed by atoms with Crippen LogP contribution in [0.2, 0.25) is 0 Å². The predicted molar refractivity (Wildman–Crippen MR) is 80.1 cm³/mol. The van der Waals surface area contributed by atoms with Crippen molar-refractivity contribution >= 4 is 11.6 Å². The maximum atomic E-state index is 13.3. The van der Waals surface area contributed by atoms with E-state index in [2.05, 4.69) is 0 Å². The second-order valence-corrected chi connectivity index (χ2v) is 5.68. The molecule has 0 bridgehead atoms. The minimum atomic E-state index is -0.445. The van der Waals surface area contributed by atoms with Gasteiger partial charge < -0.3 is 15.5 Å². The highest BCUT2D eigenvalue weighted by molar-refractivity contribution is 5.99. The molecule has 5 heteroatoms. The van der Waals surface area contributed by atoms with Gasteiger partial charge in [0, 0.05) is 25.3 Å². The number of hydrogen-bond acceptors (Lipinski definition) is 3. The number of carbonyl (C=O) groups is 1. The van der Waals surface area contributed by atoms with Crippen molar-refractivity contribution in [3.8, 4) is 0 Å². The maximum Gasteiger partial charge on any atom is 0.256 e. The number of anilines is 1. The van der Waals surface area contributed by atoms with Crippen LogP contribution in [0.5, 0.6) is 0 Å². The number of halogens is 1. The van der Waals surface area contributed by atoms with Gasteiger partial charge in [0.25, 0.3) is 5.91 Å². The molecule has 0 aliphatic carbocycles. The van der Waals surface area contributed by atoms with Crippen molar-refractivity contribution in [3.63, 3.8) is 0 Å². The Morgan fingerprint density at radius 3 is 2.50 bits per heavy atom. The van der Waals surface area contributed by atoms with Gasteiger partial charge in [0.05, 0.1) is 5.56 Å². The highest BCUT2D eigenvalue weighted by Crippen LogP contribution is 2.16. The Morgan fingerprint density at radius 2 is 1.95 bits per heavy atom. The molecular formula is C15H24FN3O. The van der Waals surface area contributed by atoms with Gasteiger partial charge in [0.2, 0.25) is 0 Å². The average molecular weight is 281 g/mol. The topological polar surface area (TPSA) is 49.6 Å². The quantitative estimate of drug-likeness (QED) is 0.812. The number of nitrogens with zero attached hydrogens (tertiary/aromatic N) is 2. The molecule has 0 radical (unpaired) electrons. The van der Waals surface area contributed by atoms with E-state index in [1.165, 1.54) is 18.2 Å². The highest BCUT2D eigenvalue weighted by atomic mass is 19.1. The fourth-order valence-corrected chi connectivity index (χ4v) is 1.92. The number of likely N-dealkylation sites (N-methyl/N-ethyl adjacent to an activating group) is 1. The van der Waals surface area contributed by atoms with Gasteiger partial charge in [-0.25, -0.2) is 4.39 Å². The lowest BCUT2D eigenvalue weighted by atomic mass is 10.1. The second-order valence-electron chi connectivity index (χ2n) is 5.68. The number of amides is 1. The van der Waals surface area contributed by atoms with Crippen LogP contribution in [0.25, 0.3) is 0 Å². The minimum absolute atomic E-state index is 0.211. The third-order valence-electron chi connectivity index (χ3n) is 2.94. The first-order valence-corrected chi connectivity index (χ1v) is 6.80. The fraction of sp³-hybridized carbons (Fsp3) is 0.533. The molecule has 0 fully saturated rings. The van der Waals surface area contributed by atoms with E-state index < -0.39 is 5.82 Å². The molecule has 0 unspecified atom stereocenters. The number of benzene rings is 1. The standard InChI is InChI=1S/C15H24FN3O/c1-11(2)10-19(8-7-18(3)4)15(20)13-9-12(16)5-6-14(13)17/h5-6,9,11H,7-8,10,17H2,1-4H3. The Balaban J connectivity index is 2.93. The molecule has 1 amide bonds. The molecule has 1 aromatic rings. The zero-order chi connectivity index (χ0) is 15.3. The molecule has 20 heavy (non-hydrogen) atoms. The van der Waals surface area contributed by atoms with Crippen LogP contribution < -0.4 is 5.73 Å². The van der Waals surface area contributed by atoms with E-state index in [1.54, 1.807) is 4.90 Å². The number of carbonyl (C=O) groups excluding carboxylic acids is 1. The van der Waals surface area contributed by atoms with Crippen LogP contribution in [-0.4, -0.2) is 49.4 Å². The van der Waals surface area contributed by atoms with Crippen LogP contribution in [0.1, 0.15) is 24.2 Å². The van der Waals surface area contributed by atoms with Crippen LogP contribution in [0, 0.1) is 11.7 Å². The third kappa shape index (κ3) is 4.81. The number of rotatable bonds is 6. The van der Waals surface area contributed by atoms with Crippen molar-refractivity contribution in [2.45, 2.75) is 13.8 Å². The van der Waals surface area contributed by atoms with Gasteiger partial charge in [0.15, 0.2) is 0 Å². The van der Waals surface area contributed by atoms with Crippen molar-refractivity contribution in [1.82, 2.24) is 9.80 Å². The molecule has 2 N–H and O–H groups in total. The lowest BCUT2D eigenvalue weighted by molar-refractivity contribution is 0.0725. The molecular weight excluding hydrogens is 257 g/mol. The van der Waals surface area contributed by atoms with Crippen LogP contribution in [0.3, 0.4) is 0 Å². The van der Waals surface area contributed by atoms with E-state index in [9.17, 15) is 9.18 Å². The predicted octanol–water partition coefficient (Wildman–Crippen LogP) is 2.07. The van der Waals surface area contributed by atoms with Crippen molar-refractivity contribution in [2.24, 2.45) is 5.92 Å². The molecule has 112 valence electrons. The molecule has 0 spiro atoms. The molecule has 1 aromatic carbocycles. The summed E-state index contributed by atoms with van der Waals surface area (Å²) in [7, 11) is 3.91. The van der Waals surface area contributed by atoms with Crippen molar-refractivity contribution in [1.29, 1.82) is 0 Å². The van der Waals surface area contributed by atoms with Gasteiger partial charge in [-0.05, 0) is 38.2 Å². The summed E-state index contributed by atoms with van der Waals surface area (Å²) in [5.74, 6) is -0.312. The summed E-state index contributed by atoms with van der Waals surface area (Å²) in [4.78, 5) is 16.3. The van der Waals surface area contributed by atoms with Crippen LogP contribution >= 0.6 is 0 Å². The first kappa shape index (κ1) is 16.4. The second kappa shape index (κ2) is 7.24. The summed E-state index contributed by atoms with van der Waals surface area (Å²) in [6.07, 6.45) is 0. The lowest BCUT2D eigenvalue weighted by Crippen LogP contribution is -2.39. The summed E-state index contributed by atoms with van der Waals surface area (Å²) in [5.41, 5.74) is 6.35. The van der Waals surface area contributed by atoms with E-state index in [-0.39, 0.29) is 11.5 Å². The normalized spacial score (nSPS) is 11.2. The van der Waals surface area contributed by atoms with Crippen molar-refractivity contribution in [2.75, 3.05) is 39.5 Å². The van der Waals surface area contributed by atoms with Gasteiger partial charge in [-0.1, -0.05) is 13.8 Å². The van der Waals surface area contributed by atoms with E-state index in [4.69, 9.17) is 5.73 Å². The zero-order valence-electron chi connectivity index (χ0n) is 12.7. The van der Waals surface area contributed by atoms with E-state index in [0.29, 0.717) is 24.7 Å². The zero-order valence-corrected chi connectivity index (χ0v) is 12.7. The molecule has 0 saturated carbocycles. The van der Waals surface area contributed by atoms with E-state index in [1.807, 2.05) is 32.8 Å². The van der Waals surface area contributed by atoms with Gasteiger partial charge in [-0.3, -0.25) is 4.79 Å². The Morgan fingerprint density at radius 1 is 1.30 bits per heavy atom. The third-order valence-corrected chi connectivity index (χ3v) is 2.94. The van der Waals surface area contributed by atoms with Crippen LogP contribution in [-0.2, 0) is 0 Å². The summed E-state index contributed by atoms with van der Waals surface area (Å²) in [6, 6.07) is 3.90.